The van der Waals surface area contributed by atoms with Crippen LogP contribution in [0.4, 0.5) is 17.1 Å². The summed E-state index contributed by atoms with van der Waals surface area (Å²) in [5.41, 5.74) is 29.2. The first kappa shape index (κ1) is 45.9. The maximum Gasteiger partial charge on any atom is 0.0754 e. The van der Waals surface area contributed by atoms with E-state index in [1.165, 1.54) is 149 Å². The van der Waals surface area contributed by atoms with Gasteiger partial charge in [0.15, 0.2) is 0 Å². The SMILES string of the molecule is c1ccc2c(c1)-c1ccccc1C21c2ccccc2-c2ccc(N(c3ccc(-c4cccc5ccccc45)cc3)c3ccc(-c4ccc5c(c4)C4(c6ccccc6-5)c5ccccc5-n5c6ccccc6c6cccc4c65)c4ccccc34)cc21. The zero-order valence-corrected chi connectivity index (χ0v) is 45.8. The van der Waals surface area contributed by atoms with E-state index in [2.05, 4.69) is 313 Å². The first-order chi connectivity index (χ1) is 41.7. The maximum absolute atomic E-state index is 2.55. The molecule has 1 unspecified atom stereocenters. The number of nitrogens with zero attached hydrogens (tertiary/aromatic N) is 2. The van der Waals surface area contributed by atoms with E-state index in [0.29, 0.717) is 0 Å². The minimum atomic E-state index is -0.557. The Morgan fingerprint density at radius 1 is 0.250 bits per heavy atom. The Bertz CT molecular complexity index is 5280. The highest BCUT2D eigenvalue weighted by Crippen LogP contribution is 2.65. The number of rotatable bonds is 5. The number of hydrogen-bond acceptors (Lipinski definition) is 1. The van der Waals surface area contributed by atoms with Crippen LogP contribution in [0.5, 0.6) is 0 Å². The summed E-state index contributed by atoms with van der Waals surface area (Å²) in [4.78, 5) is 2.52. The van der Waals surface area contributed by atoms with Crippen LogP contribution in [0.3, 0.4) is 0 Å². The van der Waals surface area contributed by atoms with Crippen LogP contribution in [0.2, 0.25) is 0 Å². The van der Waals surface area contributed by atoms with Crippen molar-refractivity contribution in [2.24, 2.45) is 0 Å². The molecule has 2 heteroatoms. The van der Waals surface area contributed by atoms with Gasteiger partial charge in [0.1, 0.15) is 0 Å². The lowest BCUT2D eigenvalue weighted by molar-refractivity contribution is 0.749. The number of fused-ring (bicyclic) bond motifs is 24. The van der Waals surface area contributed by atoms with Crippen molar-refractivity contribution < 1.29 is 0 Å². The van der Waals surface area contributed by atoms with Gasteiger partial charge in [-0.1, -0.05) is 255 Å². The average molecular weight is 1060 g/mol. The minimum Gasteiger partial charge on any atom is -0.310 e. The van der Waals surface area contributed by atoms with Crippen LogP contribution < -0.4 is 4.90 Å². The molecule has 1 aromatic heterocycles. The first-order valence-corrected chi connectivity index (χ1v) is 29.4. The monoisotopic (exact) mass is 1060 g/mol. The fourth-order valence-electron chi connectivity index (χ4n) is 16.4. The smallest absolute Gasteiger partial charge is 0.0754 e. The lowest BCUT2D eigenvalue weighted by atomic mass is 9.65. The van der Waals surface area contributed by atoms with Crippen molar-refractivity contribution in [1.82, 2.24) is 4.57 Å². The summed E-state index contributed by atoms with van der Waals surface area (Å²) in [6.45, 7) is 0. The third-order valence-electron chi connectivity index (χ3n) is 19.6. The fraction of sp³-hybridized carbons (Fsp3) is 0.0244. The van der Waals surface area contributed by atoms with Crippen molar-refractivity contribution in [2.75, 3.05) is 4.90 Å². The van der Waals surface area contributed by atoms with Crippen molar-refractivity contribution in [3.05, 3.63) is 348 Å². The maximum atomic E-state index is 2.55. The Morgan fingerprint density at radius 2 is 0.690 bits per heavy atom. The second-order valence-electron chi connectivity index (χ2n) is 23.3. The molecule has 0 amide bonds. The van der Waals surface area contributed by atoms with Gasteiger partial charge in [0.05, 0.1) is 33.2 Å². The molecule has 0 saturated carbocycles. The van der Waals surface area contributed by atoms with E-state index in [1.54, 1.807) is 0 Å². The van der Waals surface area contributed by atoms with E-state index >= 15 is 0 Å². The number of benzene rings is 14. The standard InChI is InChI=1S/C82H50N2/c1-2-21-56-51(19-1)20-17-29-57(56)52-39-42-54(43-40-52)83(55-44-46-65-63-26-7-12-33-71(63)81(76(65)50-55)69-31-10-5-23-60(69)61-24-6-11-32-70(61)81)78-48-47-58(59-22-3-4-27-66(59)78)53-41-45-64-62-25-8-13-34-72(62)82(75(64)49-53)73-35-14-16-38-79(73)84-77-37-15-9-28-67(77)68-30-18-36-74(82)80(68)84/h1-50H. The molecule has 19 rings (SSSR count). The summed E-state index contributed by atoms with van der Waals surface area (Å²) in [6.07, 6.45) is 0. The predicted molar refractivity (Wildman–Crippen MR) is 349 cm³/mol. The predicted octanol–water partition coefficient (Wildman–Crippen LogP) is 20.9. The molecule has 0 fully saturated rings. The van der Waals surface area contributed by atoms with Crippen LogP contribution >= 0.6 is 0 Å². The minimum absolute atomic E-state index is 0.490. The van der Waals surface area contributed by atoms with Crippen molar-refractivity contribution in [3.63, 3.8) is 0 Å². The Kier molecular flexibility index (Phi) is 9.23. The summed E-state index contributed by atoms with van der Waals surface area (Å²) in [5, 5.41) is 7.44. The van der Waals surface area contributed by atoms with E-state index in [9.17, 15) is 0 Å². The van der Waals surface area contributed by atoms with E-state index in [1.807, 2.05) is 0 Å². The van der Waals surface area contributed by atoms with Gasteiger partial charge in [0.25, 0.3) is 0 Å². The van der Waals surface area contributed by atoms with Crippen LogP contribution in [0.25, 0.3) is 105 Å². The molecule has 0 saturated heterocycles. The van der Waals surface area contributed by atoms with Gasteiger partial charge in [-0.2, -0.15) is 0 Å². The average Bonchev–Trinajstić information content (AvgIpc) is 1.53. The molecular formula is C82H50N2. The normalized spacial score (nSPS) is 15.0. The molecule has 4 aliphatic rings. The molecule has 14 aromatic carbocycles. The van der Waals surface area contributed by atoms with E-state index in [-0.39, 0.29) is 0 Å². The van der Waals surface area contributed by atoms with Crippen LogP contribution in [0.15, 0.2) is 303 Å². The Hall–Kier alpha value is -10.8. The molecule has 388 valence electrons. The Balaban J connectivity index is 0.833. The van der Waals surface area contributed by atoms with Gasteiger partial charge < -0.3 is 9.47 Å². The van der Waals surface area contributed by atoms with E-state index in [4.69, 9.17) is 0 Å². The number of aromatic nitrogens is 1. The lowest BCUT2D eigenvalue weighted by Gasteiger charge is -2.39. The van der Waals surface area contributed by atoms with Crippen molar-refractivity contribution in [1.29, 1.82) is 0 Å². The highest BCUT2D eigenvalue weighted by atomic mass is 15.1. The zero-order valence-electron chi connectivity index (χ0n) is 45.8. The molecule has 0 radical (unpaired) electrons. The van der Waals surface area contributed by atoms with Gasteiger partial charge in [-0.3, -0.25) is 0 Å². The summed E-state index contributed by atoms with van der Waals surface area (Å²) >= 11 is 0. The Morgan fingerprint density at radius 3 is 1.39 bits per heavy atom. The molecule has 3 aliphatic carbocycles. The topological polar surface area (TPSA) is 8.17 Å². The van der Waals surface area contributed by atoms with E-state index in [0.717, 1.165) is 17.1 Å². The summed E-state index contributed by atoms with van der Waals surface area (Å²) in [7, 11) is 0. The molecule has 0 N–H and O–H groups in total. The molecule has 15 aromatic rings. The van der Waals surface area contributed by atoms with Gasteiger partial charge in [-0.15, -0.1) is 0 Å². The molecule has 2 spiro atoms. The Labute approximate surface area is 487 Å². The number of hydrogen-bond donors (Lipinski definition) is 0. The van der Waals surface area contributed by atoms with Crippen LogP contribution in [0.1, 0.15) is 44.5 Å². The van der Waals surface area contributed by atoms with Crippen LogP contribution in [-0.2, 0) is 10.8 Å². The quantitative estimate of drug-likeness (QED) is 0.167. The summed E-state index contributed by atoms with van der Waals surface area (Å²) in [5.74, 6) is 0. The molecule has 2 nitrogen and oxygen atoms in total. The van der Waals surface area contributed by atoms with Gasteiger partial charge in [-0.25, -0.2) is 0 Å². The van der Waals surface area contributed by atoms with Crippen LogP contribution in [0, 0.1) is 0 Å². The fourth-order valence-corrected chi connectivity index (χ4v) is 16.4. The van der Waals surface area contributed by atoms with Crippen molar-refractivity contribution >= 4 is 60.4 Å². The molecular weight excluding hydrogens is 1010 g/mol. The van der Waals surface area contributed by atoms with Crippen molar-refractivity contribution in [3.8, 4) is 61.3 Å². The number of para-hydroxylation sites is 3. The molecule has 0 bridgehead atoms. The largest absolute Gasteiger partial charge is 0.310 e. The lowest BCUT2D eigenvalue weighted by Crippen LogP contribution is -2.33. The molecule has 1 aliphatic heterocycles. The molecule has 84 heavy (non-hydrogen) atoms. The zero-order chi connectivity index (χ0) is 54.8. The van der Waals surface area contributed by atoms with Crippen molar-refractivity contribution in [2.45, 2.75) is 10.8 Å². The summed E-state index contributed by atoms with van der Waals surface area (Å²) in [6, 6.07) is 115. The number of anilines is 3. The van der Waals surface area contributed by atoms with Gasteiger partial charge in [-0.05, 0) is 165 Å². The third-order valence-corrected chi connectivity index (χ3v) is 19.6. The second-order valence-corrected chi connectivity index (χ2v) is 23.3. The van der Waals surface area contributed by atoms with E-state index < -0.39 is 10.8 Å². The first-order valence-electron chi connectivity index (χ1n) is 29.4. The van der Waals surface area contributed by atoms with Gasteiger partial charge in [0.2, 0.25) is 0 Å². The molecule has 1 atom stereocenters. The third kappa shape index (κ3) is 5.79. The highest BCUT2D eigenvalue weighted by molar-refractivity contribution is 6.13. The van der Waals surface area contributed by atoms with Crippen LogP contribution in [-0.4, -0.2) is 4.57 Å². The second kappa shape index (κ2) is 16.9. The highest BCUT2D eigenvalue weighted by Gasteiger charge is 2.53. The summed E-state index contributed by atoms with van der Waals surface area (Å²) < 4.78 is 2.53. The van der Waals surface area contributed by atoms with Gasteiger partial charge >= 0.3 is 0 Å². The molecule has 2 heterocycles. The van der Waals surface area contributed by atoms with Gasteiger partial charge in [0, 0.05) is 27.5 Å².